The molecule has 0 spiro atoms. The highest BCUT2D eigenvalue weighted by Crippen LogP contribution is 2.46. The quantitative estimate of drug-likeness (QED) is 0.833. The van der Waals surface area contributed by atoms with Crippen molar-refractivity contribution in [3.8, 4) is 0 Å². The van der Waals surface area contributed by atoms with Crippen molar-refractivity contribution >= 4 is 11.6 Å². The summed E-state index contributed by atoms with van der Waals surface area (Å²) < 4.78 is 0. The maximum atomic E-state index is 12.3. The number of Topliss-reactive ketones (excluding diaryl/α,β-unsaturated/α-hetero) is 1. The van der Waals surface area contributed by atoms with Gasteiger partial charge in [-0.2, -0.15) is 5.10 Å². The van der Waals surface area contributed by atoms with Crippen molar-refractivity contribution in [1.29, 1.82) is 0 Å². The van der Waals surface area contributed by atoms with E-state index in [0.717, 1.165) is 40.3 Å². The Hall–Kier alpha value is -2.36. The molecule has 2 N–H and O–H groups in total. The number of hydrogen-bond acceptors (Lipinski definition) is 3. The van der Waals surface area contributed by atoms with E-state index < -0.39 is 0 Å². The molecule has 1 atom stereocenters. The van der Waals surface area contributed by atoms with Gasteiger partial charge < -0.3 is 5.32 Å². The summed E-state index contributed by atoms with van der Waals surface area (Å²) in [5.74, 6) is 1.13. The number of aryl methyl sites for hydroxylation is 1. The molecule has 2 heterocycles. The molecule has 0 saturated heterocycles. The summed E-state index contributed by atoms with van der Waals surface area (Å²) in [4.78, 5) is 12.3. The van der Waals surface area contributed by atoms with Crippen molar-refractivity contribution < 1.29 is 4.79 Å². The Kier molecular flexibility index (Phi) is 2.33. The zero-order valence-electron chi connectivity index (χ0n) is 11.2. The van der Waals surface area contributed by atoms with E-state index in [0.29, 0.717) is 6.42 Å². The molecule has 4 rings (SSSR count). The van der Waals surface area contributed by atoms with Gasteiger partial charge in [0.2, 0.25) is 0 Å². The number of allylic oxidation sites excluding steroid dienone is 2. The lowest BCUT2D eigenvalue weighted by atomic mass is 9.81. The third kappa shape index (κ3) is 1.48. The molecule has 0 amide bonds. The molecule has 2 aromatic rings. The van der Waals surface area contributed by atoms with Crippen LogP contribution in [0.25, 0.3) is 0 Å². The first-order valence-corrected chi connectivity index (χ1v) is 6.89. The molecule has 100 valence electrons. The Morgan fingerprint density at radius 2 is 2.00 bits per heavy atom. The van der Waals surface area contributed by atoms with E-state index in [1.165, 1.54) is 0 Å². The number of aromatic amines is 1. The van der Waals surface area contributed by atoms with Crippen molar-refractivity contribution in [1.82, 2.24) is 10.2 Å². The molecule has 1 aliphatic carbocycles. The Bertz CT molecular complexity index is 727. The second-order valence-corrected chi connectivity index (χ2v) is 5.39. The first-order valence-electron chi connectivity index (χ1n) is 6.89. The molecule has 0 bridgehead atoms. The second-order valence-electron chi connectivity index (χ2n) is 5.39. The molecule has 1 aromatic heterocycles. The van der Waals surface area contributed by atoms with E-state index >= 15 is 0 Å². The van der Waals surface area contributed by atoms with E-state index in [1.807, 2.05) is 25.1 Å². The molecule has 0 radical (unpaired) electrons. The molecule has 1 aliphatic heterocycles. The number of rotatable bonds is 1. The van der Waals surface area contributed by atoms with Crippen LogP contribution in [0.3, 0.4) is 0 Å². The van der Waals surface area contributed by atoms with Crippen LogP contribution in [-0.4, -0.2) is 16.0 Å². The number of carbonyl (C=O) groups excluding carboxylic acids is 1. The fourth-order valence-electron chi connectivity index (χ4n) is 3.29. The fraction of sp³-hybridized carbons (Fsp3) is 0.250. The third-order valence-corrected chi connectivity index (χ3v) is 4.20. The van der Waals surface area contributed by atoms with Gasteiger partial charge in [-0.05, 0) is 18.9 Å². The topological polar surface area (TPSA) is 57.8 Å². The van der Waals surface area contributed by atoms with E-state index in [4.69, 9.17) is 0 Å². The van der Waals surface area contributed by atoms with Crippen LogP contribution < -0.4 is 5.32 Å². The third-order valence-electron chi connectivity index (χ3n) is 4.20. The van der Waals surface area contributed by atoms with E-state index in [2.05, 4.69) is 27.6 Å². The van der Waals surface area contributed by atoms with Crippen molar-refractivity contribution in [2.24, 2.45) is 0 Å². The monoisotopic (exact) mass is 265 g/mol. The maximum Gasteiger partial charge on any atom is 0.161 e. The molecular weight excluding hydrogens is 250 g/mol. The summed E-state index contributed by atoms with van der Waals surface area (Å²) in [7, 11) is 0. The number of ketones is 1. The van der Waals surface area contributed by atoms with Crippen LogP contribution in [0, 0.1) is 6.92 Å². The van der Waals surface area contributed by atoms with Gasteiger partial charge >= 0.3 is 0 Å². The van der Waals surface area contributed by atoms with Gasteiger partial charge in [-0.25, -0.2) is 0 Å². The van der Waals surface area contributed by atoms with Gasteiger partial charge in [0.25, 0.3) is 0 Å². The van der Waals surface area contributed by atoms with Crippen LogP contribution in [0.5, 0.6) is 0 Å². The summed E-state index contributed by atoms with van der Waals surface area (Å²) in [5.41, 5.74) is 5.25. The minimum atomic E-state index is 0.0104. The molecule has 4 heteroatoms. The van der Waals surface area contributed by atoms with Crippen LogP contribution >= 0.6 is 0 Å². The number of nitrogens with one attached hydrogen (secondary N) is 2. The van der Waals surface area contributed by atoms with Crippen LogP contribution in [0.4, 0.5) is 5.82 Å². The molecular formula is C16H15N3O. The largest absolute Gasteiger partial charge is 0.342 e. The highest BCUT2D eigenvalue weighted by atomic mass is 16.1. The Morgan fingerprint density at radius 1 is 1.20 bits per heavy atom. The normalized spacial score (nSPS) is 20.6. The highest BCUT2D eigenvalue weighted by molar-refractivity contribution is 6.02. The SMILES string of the molecule is Cc1[nH]nc2c1C(c1ccccc1)C1=C(CCC1=O)N2. The Labute approximate surface area is 116 Å². The van der Waals surface area contributed by atoms with Gasteiger partial charge in [0.05, 0.1) is 0 Å². The standard InChI is InChI=1S/C16H15N3O/c1-9-13-14(10-5-3-2-4-6-10)15-11(7-8-12(15)20)17-16(13)19-18-9/h2-6,14H,7-8H2,1H3,(H2,17,18,19). The van der Waals surface area contributed by atoms with Gasteiger partial charge in [0.15, 0.2) is 11.6 Å². The van der Waals surface area contributed by atoms with Crippen LogP contribution in [0.1, 0.15) is 35.6 Å². The smallest absolute Gasteiger partial charge is 0.161 e. The minimum absolute atomic E-state index is 0.0104. The second kappa shape index (κ2) is 4.07. The van der Waals surface area contributed by atoms with Crippen molar-refractivity contribution in [2.75, 3.05) is 5.32 Å². The van der Waals surface area contributed by atoms with Crippen molar-refractivity contribution in [3.05, 3.63) is 58.4 Å². The number of H-pyrrole nitrogens is 1. The number of benzene rings is 1. The number of carbonyl (C=O) groups is 1. The number of nitrogens with zero attached hydrogens (tertiary/aromatic N) is 1. The molecule has 4 nitrogen and oxygen atoms in total. The molecule has 20 heavy (non-hydrogen) atoms. The minimum Gasteiger partial charge on any atom is -0.342 e. The average Bonchev–Trinajstić information content (AvgIpc) is 3.03. The van der Waals surface area contributed by atoms with Gasteiger partial charge in [-0.15, -0.1) is 0 Å². The lowest BCUT2D eigenvalue weighted by Crippen LogP contribution is -2.19. The van der Waals surface area contributed by atoms with E-state index in [-0.39, 0.29) is 11.7 Å². The Morgan fingerprint density at radius 3 is 2.80 bits per heavy atom. The first kappa shape index (κ1) is 11.5. The van der Waals surface area contributed by atoms with E-state index in [1.54, 1.807) is 0 Å². The zero-order chi connectivity index (χ0) is 13.7. The van der Waals surface area contributed by atoms with E-state index in [9.17, 15) is 4.79 Å². The summed E-state index contributed by atoms with van der Waals surface area (Å²) in [5, 5.41) is 10.7. The van der Waals surface area contributed by atoms with Gasteiger partial charge in [-0.1, -0.05) is 30.3 Å². The van der Waals surface area contributed by atoms with Gasteiger partial charge in [0.1, 0.15) is 0 Å². The molecule has 0 fully saturated rings. The molecule has 2 aliphatic rings. The number of anilines is 1. The first-order chi connectivity index (χ1) is 9.75. The predicted octanol–water partition coefficient (Wildman–Crippen LogP) is 2.89. The maximum absolute atomic E-state index is 12.3. The van der Waals surface area contributed by atoms with Crippen LogP contribution in [0.15, 0.2) is 41.6 Å². The molecule has 1 aromatic carbocycles. The summed E-state index contributed by atoms with van der Waals surface area (Å²) in [6.45, 7) is 2.01. The average molecular weight is 265 g/mol. The number of fused-ring (bicyclic) bond motifs is 1. The van der Waals surface area contributed by atoms with Crippen molar-refractivity contribution in [3.63, 3.8) is 0 Å². The van der Waals surface area contributed by atoms with Crippen LogP contribution in [-0.2, 0) is 4.79 Å². The number of hydrogen-bond donors (Lipinski definition) is 2. The van der Waals surface area contributed by atoms with Gasteiger partial charge in [0, 0.05) is 34.9 Å². The summed E-state index contributed by atoms with van der Waals surface area (Å²) >= 11 is 0. The summed E-state index contributed by atoms with van der Waals surface area (Å²) in [6, 6.07) is 10.2. The van der Waals surface area contributed by atoms with Crippen LogP contribution in [0.2, 0.25) is 0 Å². The number of aromatic nitrogens is 2. The lowest BCUT2D eigenvalue weighted by molar-refractivity contribution is -0.115. The lowest BCUT2D eigenvalue weighted by Gasteiger charge is -2.26. The molecule has 0 saturated carbocycles. The fourth-order valence-corrected chi connectivity index (χ4v) is 3.29. The zero-order valence-corrected chi connectivity index (χ0v) is 11.2. The Balaban J connectivity index is 1.96. The highest BCUT2D eigenvalue weighted by Gasteiger charge is 2.38. The molecule has 1 unspecified atom stereocenters. The van der Waals surface area contributed by atoms with Gasteiger partial charge in [-0.3, -0.25) is 9.89 Å². The van der Waals surface area contributed by atoms with Crippen molar-refractivity contribution in [2.45, 2.75) is 25.7 Å². The predicted molar refractivity (Wildman–Crippen MR) is 76.5 cm³/mol. The summed E-state index contributed by atoms with van der Waals surface area (Å²) in [6.07, 6.45) is 1.40.